The van der Waals surface area contributed by atoms with Gasteiger partial charge in [0.2, 0.25) is 11.8 Å². The van der Waals surface area contributed by atoms with Gasteiger partial charge >= 0.3 is 0 Å². The molecule has 0 aromatic rings. The van der Waals surface area contributed by atoms with Gasteiger partial charge in [-0.25, -0.2) is 5.43 Å². The molecule has 1 aliphatic carbocycles. The van der Waals surface area contributed by atoms with E-state index in [1.54, 1.807) is 11.8 Å². The molecule has 0 spiro atoms. The number of thioether (sulfide) groups is 1. The molecule has 2 N–H and O–H groups in total. The van der Waals surface area contributed by atoms with Crippen LogP contribution in [0, 0.1) is 11.8 Å². The van der Waals surface area contributed by atoms with Crippen molar-refractivity contribution >= 4 is 28.7 Å². The first-order chi connectivity index (χ1) is 13.9. The van der Waals surface area contributed by atoms with Crippen molar-refractivity contribution in [3.05, 3.63) is 0 Å². The minimum atomic E-state index is -0.154. The summed E-state index contributed by atoms with van der Waals surface area (Å²) in [7, 11) is 2.00. The molecule has 2 heterocycles. The molecule has 1 unspecified atom stereocenters. The third-order valence-electron chi connectivity index (χ3n) is 6.57. The Morgan fingerprint density at radius 3 is 2.52 bits per heavy atom. The van der Waals surface area contributed by atoms with Crippen molar-refractivity contribution in [1.82, 2.24) is 15.6 Å². The summed E-state index contributed by atoms with van der Waals surface area (Å²) >= 11 is 1.65. The Hall–Kier alpha value is -1.28. The maximum atomic E-state index is 12.8. The second-order valence-electron chi connectivity index (χ2n) is 9.19. The average molecular weight is 425 g/mol. The number of carbonyl (C=O) groups is 2. The van der Waals surface area contributed by atoms with Crippen LogP contribution in [0.2, 0.25) is 0 Å². The van der Waals surface area contributed by atoms with Crippen LogP contribution in [-0.4, -0.2) is 59.5 Å². The Morgan fingerprint density at radius 2 is 1.90 bits per heavy atom. The first kappa shape index (κ1) is 22.4. The molecular formula is C21H36N4O3S. The molecule has 1 saturated carbocycles. The van der Waals surface area contributed by atoms with Crippen molar-refractivity contribution in [3.63, 3.8) is 0 Å². The fourth-order valence-electron chi connectivity index (χ4n) is 4.28. The standard InChI is InChI=1S/C21H36N4O3S/c1-21(2)14-29-20(25(21)3)24-23-18(26)13-17(15-9-11-28-12-10-15)22-19(27)16-7-5-4-6-8-16/h15-17H,4-14H2,1-3H3,(H,22,27)(H,23,26)/b24-20-. The lowest BCUT2D eigenvalue weighted by Crippen LogP contribution is -2.47. The van der Waals surface area contributed by atoms with Crippen LogP contribution in [0.3, 0.4) is 0 Å². The number of amides is 2. The van der Waals surface area contributed by atoms with Crippen molar-refractivity contribution < 1.29 is 14.3 Å². The van der Waals surface area contributed by atoms with Crippen LogP contribution in [0.5, 0.6) is 0 Å². The molecule has 0 radical (unpaired) electrons. The van der Waals surface area contributed by atoms with E-state index < -0.39 is 0 Å². The van der Waals surface area contributed by atoms with Gasteiger partial charge in [0.15, 0.2) is 5.17 Å². The van der Waals surface area contributed by atoms with Crippen LogP contribution in [0.4, 0.5) is 0 Å². The van der Waals surface area contributed by atoms with E-state index in [9.17, 15) is 9.59 Å². The third kappa shape index (κ3) is 6.10. The highest BCUT2D eigenvalue weighted by Crippen LogP contribution is 2.30. The highest BCUT2D eigenvalue weighted by molar-refractivity contribution is 8.14. The van der Waals surface area contributed by atoms with Gasteiger partial charge in [0, 0.05) is 49.9 Å². The Labute approximate surface area is 178 Å². The van der Waals surface area contributed by atoms with E-state index in [0.29, 0.717) is 13.2 Å². The number of amidine groups is 1. The lowest BCUT2D eigenvalue weighted by atomic mass is 9.86. The number of carbonyl (C=O) groups excluding carboxylic acids is 2. The van der Waals surface area contributed by atoms with E-state index in [1.165, 1.54) is 6.42 Å². The van der Waals surface area contributed by atoms with Gasteiger partial charge in [-0.15, -0.1) is 5.10 Å². The van der Waals surface area contributed by atoms with Gasteiger partial charge in [0.05, 0.1) is 0 Å². The van der Waals surface area contributed by atoms with Crippen LogP contribution >= 0.6 is 11.8 Å². The lowest BCUT2D eigenvalue weighted by molar-refractivity contribution is -0.128. The van der Waals surface area contributed by atoms with Crippen LogP contribution in [0.15, 0.2) is 5.10 Å². The molecule has 0 bridgehead atoms. The zero-order valence-electron chi connectivity index (χ0n) is 18.0. The topological polar surface area (TPSA) is 83.0 Å². The molecule has 1 atom stereocenters. The van der Waals surface area contributed by atoms with Crippen molar-refractivity contribution in [2.24, 2.45) is 16.9 Å². The molecule has 7 nitrogen and oxygen atoms in total. The molecular weight excluding hydrogens is 388 g/mol. The minimum Gasteiger partial charge on any atom is -0.381 e. The van der Waals surface area contributed by atoms with Gasteiger partial charge in [-0.2, -0.15) is 0 Å². The zero-order valence-corrected chi connectivity index (χ0v) is 18.9. The number of hydrazone groups is 1. The van der Waals surface area contributed by atoms with Crippen molar-refractivity contribution in [1.29, 1.82) is 0 Å². The third-order valence-corrected chi connectivity index (χ3v) is 8.04. The second kappa shape index (κ2) is 10.2. The summed E-state index contributed by atoms with van der Waals surface area (Å²) in [5.74, 6) is 1.29. The van der Waals surface area contributed by atoms with Gasteiger partial charge in [-0.05, 0) is 45.4 Å². The second-order valence-corrected chi connectivity index (χ2v) is 10.1. The molecule has 3 rings (SSSR count). The first-order valence-electron chi connectivity index (χ1n) is 11.0. The summed E-state index contributed by atoms with van der Waals surface area (Å²) in [5, 5.41) is 8.38. The summed E-state index contributed by atoms with van der Waals surface area (Å²) < 4.78 is 5.48. The van der Waals surface area contributed by atoms with Crippen molar-refractivity contribution in [2.75, 3.05) is 26.0 Å². The van der Waals surface area contributed by atoms with Gasteiger partial charge in [-0.3, -0.25) is 9.59 Å². The quantitative estimate of drug-likeness (QED) is 0.641. The smallest absolute Gasteiger partial charge is 0.242 e. The number of nitrogens with zero attached hydrogens (tertiary/aromatic N) is 2. The molecule has 2 saturated heterocycles. The number of nitrogens with one attached hydrogen (secondary N) is 2. The SMILES string of the molecule is CN1/C(=N/NC(=O)CC(NC(=O)C2CCCCC2)C2CCOCC2)SCC1(C)C. The first-order valence-corrected chi connectivity index (χ1v) is 12.0. The molecule has 0 aromatic carbocycles. The predicted octanol–water partition coefficient (Wildman–Crippen LogP) is 2.71. The van der Waals surface area contributed by atoms with E-state index in [4.69, 9.17) is 4.74 Å². The Balaban J connectivity index is 1.58. The predicted molar refractivity (Wildman–Crippen MR) is 117 cm³/mol. The molecule has 29 heavy (non-hydrogen) atoms. The lowest BCUT2D eigenvalue weighted by Gasteiger charge is -2.32. The molecule has 2 aliphatic heterocycles. The molecule has 8 heteroatoms. The van der Waals surface area contributed by atoms with E-state index in [0.717, 1.165) is 49.4 Å². The summed E-state index contributed by atoms with van der Waals surface area (Å²) in [6.07, 6.45) is 7.42. The maximum absolute atomic E-state index is 12.8. The van der Waals surface area contributed by atoms with E-state index >= 15 is 0 Å². The molecule has 3 fully saturated rings. The summed E-state index contributed by atoms with van der Waals surface area (Å²) in [6, 6.07) is -0.154. The number of ether oxygens (including phenoxy) is 1. The highest BCUT2D eigenvalue weighted by Gasteiger charge is 2.35. The van der Waals surface area contributed by atoms with Crippen molar-refractivity contribution in [2.45, 2.75) is 76.8 Å². The maximum Gasteiger partial charge on any atom is 0.242 e. The molecule has 2 amide bonds. The van der Waals surface area contributed by atoms with E-state index in [2.05, 4.69) is 34.6 Å². The van der Waals surface area contributed by atoms with Crippen molar-refractivity contribution in [3.8, 4) is 0 Å². The fraction of sp³-hybridized carbons (Fsp3) is 0.857. The molecule has 0 aromatic heterocycles. The highest BCUT2D eigenvalue weighted by atomic mass is 32.2. The zero-order chi connectivity index (χ0) is 20.9. The van der Waals surface area contributed by atoms with Gasteiger partial charge in [-0.1, -0.05) is 31.0 Å². The largest absolute Gasteiger partial charge is 0.381 e. The summed E-state index contributed by atoms with van der Waals surface area (Å²) in [5.41, 5.74) is 2.75. The Morgan fingerprint density at radius 1 is 1.21 bits per heavy atom. The Kier molecular flexibility index (Phi) is 7.85. The number of hydrogen-bond donors (Lipinski definition) is 2. The number of rotatable bonds is 6. The number of hydrogen-bond acceptors (Lipinski definition) is 5. The van der Waals surface area contributed by atoms with Crippen LogP contribution in [0.1, 0.15) is 65.2 Å². The summed E-state index contributed by atoms with van der Waals surface area (Å²) in [6.45, 7) is 5.71. The van der Waals surface area contributed by atoms with Crippen LogP contribution in [-0.2, 0) is 14.3 Å². The van der Waals surface area contributed by atoms with Gasteiger partial charge in [0.25, 0.3) is 0 Å². The summed E-state index contributed by atoms with van der Waals surface area (Å²) in [4.78, 5) is 27.5. The molecule has 164 valence electrons. The van der Waals surface area contributed by atoms with E-state index in [-0.39, 0.29) is 41.7 Å². The van der Waals surface area contributed by atoms with Crippen LogP contribution in [0.25, 0.3) is 0 Å². The van der Waals surface area contributed by atoms with Gasteiger partial charge in [0.1, 0.15) is 0 Å². The average Bonchev–Trinajstić information content (AvgIpc) is 2.99. The normalized spacial score (nSPS) is 25.8. The van der Waals surface area contributed by atoms with Crippen LogP contribution < -0.4 is 10.7 Å². The minimum absolute atomic E-state index is 0.0346. The monoisotopic (exact) mass is 424 g/mol. The fourth-order valence-corrected chi connectivity index (χ4v) is 5.50. The van der Waals surface area contributed by atoms with Gasteiger partial charge < -0.3 is 15.0 Å². The Bertz CT molecular complexity index is 613. The van der Waals surface area contributed by atoms with E-state index in [1.807, 2.05) is 7.05 Å². The molecule has 3 aliphatic rings.